The molecule has 14 nitrogen and oxygen atoms in total. The number of amides is 4. The number of para-hydroxylation sites is 1. The molecule has 0 aliphatic carbocycles. The van der Waals surface area contributed by atoms with Crippen molar-refractivity contribution in [2.24, 2.45) is 24.8 Å². The minimum atomic E-state index is -0.364. The number of oxazole rings is 1. The van der Waals surface area contributed by atoms with Crippen LogP contribution in [-0.4, -0.2) is 120 Å². The second-order valence-corrected chi connectivity index (χ2v) is 16.5. The Morgan fingerprint density at radius 3 is 2.20 bits per heavy atom. The van der Waals surface area contributed by atoms with Crippen molar-refractivity contribution in [2.75, 3.05) is 71.4 Å². The first-order chi connectivity index (χ1) is 27.9. The van der Waals surface area contributed by atoms with E-state index in [-0.39, 0.29) is 49.1 Å². The number of carbonyl (C=O) groups excluding carboxylic acids is 4. The second kappa shape index (κ2) is 20.9. The minimum Gasteiger partial charge on any atom is -0.465 e. The van der Waals surface area contributed by atoms with Crippen LogP contribution in [0.4, 0.5) is 15.3 Å². The minimum absolute atomic E-state index is 0. The van der Waals surface area contributed by atoms with E-state index in [1.807, 2.05) is 54.8 Å². The fourth-order valence-electron chi connectivity index (χ4n) is 9.30. The summed E-state index contributed by atoms with van der Waals surface area (Å²) < 4.78 is 16.9. The van der Waals surface area contributed by atoms with Gasteiger partial charge in [-0.1, -0.05) is 45.5 Å². The Balaban J connectivity index is 0.000000246. The number of anilines is 1. The predicted molar refractivity (Wildman–Crippen MR) is 228 cm³/mol. The number of aromatic nitrogens is 1. The van der Waals surface area contributed by atoms with Crippen LogP contribution in [0.25, 0.3) is 11.1 Å². The summed E-state index contributed by atoms with van der Waals surface area (Å²) in [4.78, 5) is 68.8. The zero-order valence-corrected chi connectivity index (χ0v) is 35.0. The Kier molecular flexibility index (Phi) is 16.0. The van der Waals surface area contributed by atoms with Crippen molar-refractivity contribution in [1.82, 2.24) is 24.2 Å². The third kappa shape index (κ3) is 11.3. The molecular formula is C45H66N6O8. The van der Waals surface area contributed by atoms with Gasteiger partial charge in [0.15, 0.2) is 5.58 Å². The van der Waals surface area contributed by atoms with Crippen molar-refractivity contribution in [3.8, 4) is 0 Å². The number of esters is 1. The lowest BCUT2D eigenvalue weighted by Crippen LogP contribution is -2.50. The summed E-state index contributed by atoms with van der Waals surface area (Å²) >= 11 is 0. The van der Waals surface area contributed by atoms with E-state index in [0.29, 0.717) is 56.6 Å². The van der Waals surface area contributed by atoms with Gasteiger partial charge in [-0.15, -0.1) is 0 Å². The molecule has 14 heteroatoms. The highest BCUT2D eigenvalue weighted by Gasteiger charge is 2.34. The van der Waals surface area contributed by atoms with E-state index in [2.05, 4.69) is 22.3 Å². The number of methoxy groups -OCH3 is 1. The van der Waals surface area contributed by atoms with Gasteiger partial charge < -0.3 is 33.9 Å². The van der Waals surface area contributed by atoms with Crippen LogP contribution in [0.5, 0.6) is 0 Å². The van der Waals surface area contributed by atoms with E-state index in [1.54, 1.807) is 11.9 Å². The number of ether oxygens (including phenoxy) is 2. The van der Waals surface area contributed by atoms with Crippen molar-refractivity contribution >= 4 is 40.8 Å². The maximum absolute atomic E-state index is 13.2. The Hall–Kier alpha value is -4.85. The van der Waals surface area contributed by atoms with E-state index in [0.717, 1.165) is 99.9 Å². The number of hydrogen-bond donors (Lipinski definition) is 1. The number of nitrogens with one attached hydrogen (secondary N) is 1. The SMILES string of the molecule is C.CCCOC(=O)CN1CCC(C2CCN(C(=O)[C@H](C)Cc3cc(C)c4c(c3)oc(=O)n4C)CC2)CC1.COC(=O)N1CCC(N2CCc3ccccc3NC2=O)CC1. The lowest BCUT2D eigenvalue weighted by molar-refractivity contribution is -0.145. The smallest absolute Gasteiger partial charge is 0.419 e. The number of urea groups is 1. The molecule has 0 unspecified atom stereocenters. The molecule has 1 aromatic heterocycles. The first-order valence-electron chi connectivity index (χ1n) is 21.2. The highest BCUT2D eigenvalue weighted by Crippen LogP contribution is 2.33. The average molecular weight is 819 g/mol. The first kappa shape index (κ1) is 45.2. The van der Waals surface area contributed by atoms with Crippen molar-refractivity contribution in [3.05, 3.63) is 63.6 Å². The molecule has 4 amide bonds. The van der Waals surface area contributed by atoms with Crippen LogP contribution < -0.4 is 11.1 Å². The van der Waals surface area contributed by atoms with Crippen LogP contribution in [0.15, 0.2) is 45.6 Å². The Bertz CT molecular complexity index is 1950. The van der Waals surface area contributed by atoms with Crippen LogP contribution in [0.1, 0.15) is 82.9 Å². The van der Waals surface area contributed by atoms with E-state index in [1.165, 1.54) is 17.2 Å². The largest absolute Gasteiger partial charge is 0.465 e. The highest BCUT2D eigenvalue weighted by molar-refractivity contribution is 5.91. The van der Waals surface area contributed by atoms with Gasteiger partial charge in [0.05, 0.1) is 25.8 Å². The summed E-state index contributed by atoms with van der Waals surface area (Å²) in [6.45, 7) is 12.4. The van der Waals surface area contributed by atoms with Crippen molar-refractivity contribution in [1.29, 1.82) is 0 Å². The Morgan fingerprint density at radius 1 is 0.898 bits per heavy atom. The molecule has 4 aliphatic heterocycles. The summed E-state index contributed by atoms with van der Waals surface area (Å²) in [6.07, 6.45) is 7.99. The number of nitrogens with zero attached hydrogens (tertiary/aromatic N) is 5. The molecule has 1 atom stereocenters. The van der Waals surface area contributed by atoms with Crippen LogP contribution >= 0.6 is 0 Å². The molecule has 324 valence electrons. The zero-order valence-electron chi connectivity index (χ0n) is 35.0. The summed E-state index contributed by atoms with van der Waals surface area (Å²) in [5, 5.41) is 3.00. The third-order valence-electron chi connectivity index (χ3n) is 12.5. The van der Waals surface area contributed by atoms with Crippen LogP contribution in [0.3, 0.4) is 0 Å². The molecular weight excluding hydrogens is 753 g/mol. The van der Waals surface area contributed by atoms with Crippen molar-refractivity contribution in [2.45, 2.75) is 92.0 Å². The summed E-state index contributed by atoms with van der Waals surface area (Å²) in [6, 6.07) is 12.0. The molecule has 3 aromatic rings. The molecule has 0 saturated carbocycles. The monoisotopic (exact) mass is 818 g/mol. The van der Waals surface area contributed by atoms with Gasteiger partial charge in [-0.25, -0.2) is 14.4 Å². The van der Waals surface area contributed by atoms with Crippen molar-refractivity contribution in [3.63, 3.8) is 0 Å². The molecule has 0 bridgehead atoms. The number of hydrogen-bond acceptors (Lipinski definition) is 9. The molecule has 0 radical (unpaired) electrons. The van der Waals surface area contributed by atoms with Gasteiger partial charge >= 0.3 is 23.8 Å². The molecule has 3 fully saturated rings. The van der Waals surface area contributed by atoms with Gasteiger partial charge in [-0.2, -0.15) is 0 Å². The summed E-state index contributed by atoms with van der Waals surface area (Å²) in [5.74, 6) is 0.949. The van der Waals surface area contributed by atoms with Crippen molar-refractivity contribution < 1.29 is 33.1 Å². The normalized spacial score (nSPS) is 18.8. The quantitative estimate of drug-likeness (QED) is 0.240. The molecule has 0 spiro atoms. The van der Waals surface area contributed by atoms with Gasteiger partial charge in [0.1, 0.15) is 0 Å². The number of likely N-dealkylation sites (tertiary alicyclic amines) is 3. The molecule has 1 N–H and O–H groups in total. The molecule has 4 aliphatic rings. The van der Waals surface area contributed by atoms with Gasteiger partial charge in [0, 0.05) is 57.4 Å². The summed E-state index contributed by atoms with van der Waals surface area (Å²) in [7, 11) is 3.11. The van der Waals surface area contributed by atoms with E-state index >= 15 is 0 Å². The van der Waals surface area contributed by atoms with E-state index in [4.69, 9.17) is 13.9 Å². The lowest BCUT2D eigenvalue weighted by Gasteiger charge is -2.40. The molecule has 2 aromatic carbocycles. The van der Waals surface area contributed by atoms with E-state index in [9.17, 15) is 24.0 Å². The van der Waals surface area contributed by atoms with Gasteiger partial charge in [0.2, 0.25) is 5.91 Å². The van der Waals surface area contributed by atoms with Crippen LogP contribution in [-0.2, 0) is 39.0 Å². The summed E-state index contributed by atoms with van der Waals surface area (Å²) in [5.41, 5.74) is 5.48. The third-order valence-corrected chi connectivity index (χ3v) is 12.5. The number of carbonyl (C=O) groups is 4. The number of rotatable bonds is 9. The molecule has 7 rings (SSSR count). The van der Waals surface area contributed by atoms with Crippen LogP contribution in [0.2, 0.25) is 0 Å². The van der Waals surface area contributed by atoms with E-state index < -0.39 is 0 Å². The molecule has 59 heavy (non-hydrogen) atoms. The Morgan fingerprint density at radius 2 is 1.54 bits per heavy atom. The second-order valence-electron chi connectivity index (χ2n) is 16.5. The number of benzene rings is 2. The average Bonchev–Trinajstić information content (AvgIpc) is 3.41. The fraction of sp³-hybridized carbons (Fsp3) is 0.622. The predicted octanol–water partition coefficient (Wildman–Crippen LogP) is 6.47. The zero-order chi connectivity index (χ0) is 41.3. The Labute approximate surface area is 349 Å². The fourth-order valence-corrected chi connectivity index (χ4v) is 9.30. The number of fused-ring (bicyclic) bond motifs is 2. The molecule has 5 heterocycles. The van der Waals surface area contributed by atoms with Gasteiger partial charge in [-0.3, -0.25) is 19.1 Å². The van der Waals surface area contributed by atoms with Crippen LogP contribution in [0, 0.1) is 24.7 Å². The highest BCUT2D eigenvalue weighted by atomic mass is 16.5. The van der Waals surface area contributed by atoms with Gasteiger partial charge in [-0.05, 0) is 118 Å². The molecule has 3 saturated heterocycles. The maximum atomic E-state index is 13.2. The lowest BCUT2D eigenvalue weighted by atomic mass is 9.78. The number of aryl methyl sites for hydroxylation is 2. The maximum Gasteiger partial charge on any atom is 0.419 e. The number of piperidine rings is 3. The van der Waals surface area contributed by atoms with Gasteiger partial charge in [0.25, 0.3) is 0 Å². The first-order valence-corrected chi connectivity index (χ1v) is 21.2. The standard InChI is InChI=1S/C28H41N3O5.C16H21N3O3.CH4/c1-5-14-35-25(32)18-30-10-6-22(7-11-30)23-8-12-31(13-9-23)27(33)20(3)16-21-15-19(2)26-24(17-21)36-28(34)29(26)4;1-22-16(21)18-9-7-13(8-10-18)19-11-6-12-4-2-3-5-14(12)17-15(19)20;/h15,17,20,22-23H,5-14,16,18H2,1-4H3;2-5,13H,6-11H2,1H3,(H,17,20);1H4/t20-;;/m1../s1. The topological polar surface area (TPSA) is 147 Å².